The summed E-state index contributed by atoms with van der Waals surface area (Å²) in [6.45, 7) is 5.53. The van der Waals surface area contributed by atoms with Crippen LogP contribution in [0.3, 0.4) is 0 Å². The molecule has 0 saturated heterocycles. The van der Waals surface area contributed by atoms with Crippen LogP contribution in [0.1, 0.15) is 49.8 Å². The van der Waals surface area contributed by atoms with E-state index in [1.54, 1.807) is 33.9 Å². The van der Waals surface area contributed by atoms with Crippen molar-refractivity contribution in [2.24, 2.45) is 0 Å². The van der Waals surface area contributed by atoms with Crippen LogP contribution in [-0.2, 0) is 20.7 Å². The van der Waals surface area contributed by atoms with Gasteiger partial charge in [0.15, 0.2) is 0 Å². The van der Waals surface area contributed by atoms with Crippen LogP contribution in [0.25, 0.3) is 11.1 Å². The molecule has 0 saturated carbocycles. The highest BCUT2D eigenvalue weighted by molar-refractivity contribution is 6.32. The molecule has 0 fully saturated rings. The number of fused-ring (bicyclic) bond motifs is 3. The van der Waals surface area contributed by atoms with Gasteiger partial charge in [-0.05, 0) is 73.6 Å². The fourth-order valence-corrected chi connectivity index (χ4v) is 4.77. The minimum absolute atomic E-state index is 0.0698. The second-order valence-corrected chi connectivity index (χ2v) is 10.5. The first kappa shape index (κ1) is 26.6. The molecule has 0 aliphatic heterocycles. The number of methoxy groups -OCH3 is 1. The third-order valence-electron chi connectivity index (χ3n) is 6.26. The lowest BCUT2D eigenvalue weighted by Gasteiger charge is -2.25. The highest BCUT2D eigenvalue weighted by Crippen LogP contribution is 2.44. The SMILES string of the molecule is COc1cc(CC[C@H](NC(=O)OCC2c3ccccc3-c3ccccc32)C(=O)OC(C)(C)C)ccc1Cl. The summed E-state index contributed by atoms with van der Waals surface area (Å²) in [5.74, 6) is -0.0286. The Labute approximate surface area is 222 Å². The molecule has 0 bridgehead atoms. The van der Waals surface area contributed by atoms with Gasteiger partial charge in [0.2, 0.25) is 0 Å². The highest BCUT2D eigenvalue weighted by Gasteiger charge is 2.31. The molecule has 0 radical (unpaired) electrons. The summed E-state index contributed by atoms with van der Waals surface area (Å²) in [7, 11) is 1.55. The molecule has 1 N–H and O–H groups in total. The molecule has 4 rings (SSSR count). The maximum absolute atomic E-state index is 12.9. The van der Waals surface area contributed by atoms with Crippen LogP contribution in [0, 0.1) is 0 Å². The van der Waals surface area contributed by atoms with Crippen LogP contribution in [0.15, 0.2) is 66.7 Å². The van der Waals surface area contributed by atoms with Crippen molar-refractivity contribution >= 4 is 23.7 Å². The zero-order valence-corrected chi connectivity index (χ0v) is 22.3. The minimum atomic E-state index is -0.878. The molecule has 7 heteroatoms. The number of esters is 1. The van der Waals surface area contributed by atoms with E-state index >= 15 is 0 Å². The fraction of sp³-hybridized carbons (Fsp3) is 0.333. The molecule has 1 atom stereocenters. The summed E-state index contributed by atoms with van der Waals surface area (Å²) < 4.78 is 16.5. The molecular formula is C30H32ClNO5. The van der Waals surface area contributed by atoms with Gasteiger partial charge in [-0.2, -0.15) is 0 Å². The lowest BCUT2D eigenvalue weighted by Crippen LogP contribution is -2.45. The van der Waals surface area contributed by atoms with Gasteiger partial charge in [0.1, 0.15) is 24.0 Å². The third-order valence-corrected chi connectivity index (χ3v) is 6.58. The van der Waals surface area contributed by atoms with Crippen molar-refractivity contribution in [3.05, 3.63) is 88.4 Å². The van der Waals surface area contributed by atoms with E-state index in [2.05, 4.69) is 29.6 Å². The van der Waals surface area contributed by atoms with Gasteiger partial charge in [0.05, 0.1) is 12.1 Å². The quantitative estimate of drug-likeness (QED) is 0.341. The summed E-state index contributed by atoms with van der Waals surface area (Å²) in [5, 5.41) is 3.23. The number of hydrogen-bond donors (Lipinski definition) is 1. The van der Waals surface area contributed by atoms with Crippen molar-refractivity contribution < 1.29 is 23.8 Å². The first-order valence-electron chi connectivity index (χ1n) is 12.3. The minimum Gasteiger partial charge on any atom is -0.495 e. The van der Waals surface area contributed by atoms with E-state index in [-0.39, 0.29) is 12.5 Å². The Morgan fingerprint density at radius 2 is 1.59 bits per heavy atom. The van der Waals surface area contributed by atoms with Gasteiger partial charge in [-0.15, -0.1) is 0 Å². The predicted octanol–water partition coefficient (Wildman–Crippen LogP) is 6.53. The van der Waals surface area contributed by atoms with E-state index in [9.17, 15) is 9.59 Å². The first-order chi connectivity index (χ1) is 17.7. The van der Waals surface area contributed by atoms with Gasteiger partial charge in [-0.3, -0.25) is 0 Å². The summed E-state index contributed by atoms with van der Waals surface area (Å²) in [4.78, 5) is 25.8. The second kappa shape index (κ2) is 11.3. The van der Waals surface area contributed by atoms with Gasteiger partial charge >= 0.3 is 12.1 Å². The maximum Gasteiger partial charge on any atom is 0.407 e. The zero-order valence-electron chi connectivity index (χ0n) is 21.5. The molecule has 0 unspecified atom stereocenters. The number of carbonyl (C=O) groups is 2. The van der Waals surface area contributed by atoms with E-state index in [1.165, 1.54) is 0 Å². The van der Waals surface area contributed by atoms with Gasteiger partial charge in [-0.25, -0.2) is 9.59 Å². The molecule has 194 valence electrons. The Hall–Kier alpha value is -3.51. The van der Waals surface area contributed by atoms with Crippen molar-refractivity contribution in [2.75, 3.05) is 13.7 Å². The van der Waals surface area contributed by atoms with Crippen LogP contribution in [0.2, 0.25) is 5.02 Å². The largest absolute Gasteiger partial charge is 0.495 e. The Balaban J connectivity index is 1.44. The standard InChI is InChI=1S/C30H32ClNO5/c1-30(2,3)37-28(33)26(16-14-19-13-15-25(31)27(17-19)35-4)32-29(34)36-18-24-22-11-7-5-9-20(22)21-10-6-8-12-23(21)24/h5-13,15,17,24,26H,14,16,18H2,1-4H3,(H,32,34)/t26-/m0/s1. The summed E-state index contributed by atoms with van der Waals surface area (Å²) in [5.41, 5.74) is 4.77. The number of ether oxygens (including phenoxy) is 3. The number of nitrogens with one attached hydrogen (secondary N) is 1. The number of halogens is 1. The monoisotopic (exact) mass is 521 g/mol. The summed E-state index contributed by atoms with van der Waals surface area (Å²) in [6, 6.07) is 20.8. The van der Waals surface area contributed by atoms with Gasteiger partial charge in [0, 0.05) is 5.92 Å². The van der Waals surface area contributed by atoms with Crippen LogP contribution in [0.5, 0.6) is 5.75 Å². The molecule has 0 heterocycles. The number of benzene rings is 3. The number of hydrogen-bond acceptors (Lipinski definition) is 5. The summed E-state index contributed by atoms with van der Waals surface area (Å²) in [6.07, 6.45) is 0.164. The van der Waals surface area contributed by atoms with Crippen LogP contribution >= 0.6 is 11.6 Å². The lowest BCUT2D eigenvalue weighted by atomic mass is 9.98. The van der Waals surface area contributed by atoms with Crippen molar-refractivity contribution in [1.29, 1.82) is 0 Å². The number of carbonyl (C=O) groups excluding carboxylic acids is 2. The molecule has 6 nitrogen and oxygen atoms in total. The number of aryl methyl sites for hydroxylation is 1. The molecule has 1 amide bonds. The number of alkyl carbamates (subject to hydrolysis) is 1. The average Bonchev–Trinajstić information content (AvgIpc) is 3.18. The predicted molar refractivity (Wildman–Crippen MR) is 144 cm³/mol. The molecule has 1 aliphatic rings. The molecular weight excluding hydrogens is 490 g/mol. The van der Waals surface area contributed by atoms with E-state index < -0.39 is 23.7 Å². The average molecular weight is 522 g/mol. The van der Waals surface area contributed by atoms with Gasteiger partial charge in [0.25, 0.3) is 0 Å². The number of rotatable bonds is 8. The normalized spacial score (nSPS) is 13.3. The molecule has 0 spiro atoms. The van der Waals surface area contributed by atoms with Crippen molar-refractivity contribution in [2.45, 2.75) is 51.2 Å². The van der Waals surface area contributed by atoms with Crippen LogP contribution in [-0.4, -0.2) is 37.4 Å². The van der Waals surface area contributed by atoms with Crippen LogP contribution < -0.4 is 10.1 Å². The molecule has 37 heavy (non-hydrogen) atoms. The Morgan fingerprint density at radius 1 is 0.973 bits per heavy atom. The summed E-state index contributed by atoms with van der Waals surface area (Å²) >= 11 is 6.13. The Kier molecular flexibility index (Phi) is 8.08. The van der Waals surface area contributed by atoms with E-state index in [1.807, 2.05) is 36.4 Å². The molecule has 1 aliphatic carbocycles. The fourth-order valence-electron chi connectivity index (χ4n) is 4.57. The second-order valence-electron chi connectivity index (χ2n) is 10.1. The van der Waals surface area contributed by atoms with E-state index in [4.69, 9.17) is 25.8 Å². The molecule has 3 aromatic rings. The number of amides is 1. The smallest absolute Gasteiger partial charge is 0.407 e. The molecule has 3 aromatic carbocycles. The van der Waals surface area contributed by atoms with Gasteiger partial charge < -0.3 is 19.5 Å². The topological polar surface area (TPSA) is 73.9 Å². The first-order valence-corrected chi connectivity index (χ1v) is 12.7. The lowest BCUT2D eigenvalue weighted by molar-refractivity contribution is -0.157. The zero-order chi connectivity index (χ0) is 26.6. The third kappa shape index (κ3) is 6.44. The maximum atomic E-state index is 12.9. The Bertz CT molecular complexity index is 1240. The van der Waals surface area contributed by atoms with E-state index in [0.717, 1.165) is 27.8 Å². The van der Waals surface area contributed by atoms with Crippen molar-refractivity contribution in [3.8, 4) is 16.9 Å². The molecule has 0 aromatic heterocycles. The van der Waals surface area contributed by atoms with Gasteiger partial charge in [-0.1, -0.05) is 66.2 Å². The van der Waals surface area contributed by atoms with E-state index in [0.29, 0.717) is 23.6 Å². The Morgan fingerprint density at radius 3 is 2.19 bits per heavy atom. The highest BCUT2D eigenvalue weighted by atomic mass is 35.5. The van der Waals surface area contributed by atoms with Crippen LogP contribution in [0.4, 0.5) is 4.79 Å². The van der Waals surface area contributed by atoms with Crippen molar-refractivity contribution in [3.63, 3.8) is 0 Å². The van der Waals surface area contributed by atoms with Crippen molar-refractivity contribution in [1.82, 2.24) is 5.32 Å².